The number of benzene rings is 1. The third-order valence-electron chi connectivity index (χ3n) is 4.88. The van der Waals surface area contributed by atoms with Crippen molar-refractivity contribution in [3.05, 3.63) is 29.8 Å². The highest BCUT2D eigenvalue weighted by Gasteiger charge is 2.42. The fraction of sp³-hybridized carbons (Fsp3) is 0.471. The Morgan fingerprint density at radius 3 is 2.58 bits per heavy atom. The second-order valence-corrected chi connectivity index (χ2v) is 8.53. The fourth-order valence-corrected chi connectivity index (χ4v) is 4.94. The molecule has 2 aliphatic rings. The Morgan fingerprint density at radius 2 is 1.88 bits per heavy atom. The minimum absolute atomic E-state index is 0.0158. The average Bonchev–Trinajstić information content (AvgIpc) is 2.78. The zero-order valence-electron chi connectivity index (χ0n) is 14.4. The summed E-state index contributed by atoms with van der Waals surface area (Å²) >= 11 is 0. The summed E-state index contributed by atoms with van der Waals surface area (Å²) in [5.41, 5.74) is 0.0285. The summed E-state index contributed by atoms with van der Waals surface area (Å²) in [5.74, 6) is -1.30. The van der Waals surface area contributed by atoms with Gasteiger partial charge in [0.05, 0.1) is 5.56 Å². The number of urea groups is 1. The Morgan fingerprint density at radius 1 is 1.19 bits per heavy atom. The molecule has 0 spiro atoms. The standard InChI is InChI=1S/C17H21N3O5S/c1-11-6-2-4-8-13(11)18-17(23)19-15(21)10-20-16(22)12-7-3-5-9-14(12)26(20,24)25/h3,5,7,9,11,13H,2,4,6,8,10H2,1H3,(H2,18,19,21,23)/t11-,13+/m0/s1. The van der Waals surface area contributed by atoms with Crippen molar-refractivity contribution in [2.45, 2.75) is 43.5 Å². The van der Waals surface area contributed by atoms with E-state index < -0.39 is 34.4 Å². The first kappa shape index (κ1) is 18.4. The molecule has 1 aromatic carbocycles. The number of amides is 4. The zero-order chi connectivity index (χ0) is 18.9. The monoisotopic (exact) mass is 379 g/mol. The van der Waals surface area contributed by atoms with Gasteiger partial charge in [-0.3, -0.25) is 14.9 Å². The molecule has 0 bridgehead atoms. The highest BCUT2D eigenvalue weighted by atomic mass is 32.2. The lowest BCUT2D eigenvalue weighted by Gasteiger charge is -2.29. The van der Waals surface area contributed by atoms with Crippen LogP contribution in [0, 0.1) is 5.92 Å². The molecule has 3 rings (SSSR count). The third kappa shape index (κ3) is 3.44. The Hall–Kier alpha value is -2.42. The number of imide groups is 1. The van der Waals surface area contributed by atoms with Crippen molar-refractivity contribution in [1.82, 2.24) is 14.9 Å². The Balaban J connectivity index is 1.62. The van der Waals surface area contributed by atoms with Gasteiger partial charge in [-0.2, -0.15) is 0 Å². The molecule has 2 N–H and O–H groups in total. The van der Waals surface area contributed by atoms with E-state index in [4.69, 9.17) is 0 Å². The summed E-state index contributed by atoms with van der Waals surface area (Å²) < 4.78 is 25.3. The van der Waals surface area contributed by atoms with Gasteiger partial charge in [0.1, 0.15) is 11.4 Å². The highest BCUT2D eigenvalue weighted by Crippen LogP contribution is 2.29. The summed E-state index contributed by atoms with van der Waals surface area (Å²) in [7, 11) is -4.07. The van der Waals surface area contributed by atoms with E-state index in [1.807, 2.05) is 6.92 Å². The first-order valence-corrected chi connectivity index (χ1v) is 10.0. The molecule has 0 unspecified atom stereocenters. The lowest BCUT2D eigenvalue weighted by atomic mass is 9.86. The second-order valence-electron chi connectivity index (χ2n) is 6.70. The summed E-state index contributed by atoms with van der Waals surface area (Å²) in [6, 6.07) is 5.08. The smallest absolute Gasteiger partial charge is 0.321 e. The van der Waals surface area contributed by atoms with E-state index in [9.17, 15) is 22.8 Å². The van der Waals surface area contributed by atoms with Gasteiger partial charge >= 0.3 is 6.03 Å². The van der Waals surface area contributed by atoms with Crippen LogP contribution < -0.4 is 10.6 Å². The van der Waals surface area contributed by atoms with Gasteiger partial charge in [0.2, 0.25) is 5.91 Å². The summed E-state index contributed by atoms with van der Waals surface area (Å²) in [6.07, 6.45) is 3.99. The van der Waals surface area contributed by atoms with Crippen molar-refractivity contribution in [2.75, 3.05) is 6.54 Å². The number of rotatable bonds is 3. The van der Waals surface area contributed by atoms with Crippen LogP contribution in [0.2, 0.25) is 0 Å². The molecule has 9 heteroatoms. The van der Waals surface area contributed by atoms with E-state index in [2.05, 4.69) is 10.6 Å². The number of fused-ring (bicyclic) bond motifs is 1. The van der Waals surface area contributed by atoms with Gasteiger partial charge in [-0.1, -0.05) is 31.9 Å². The number of nitrogens with zero attached hydrogens (tertiary/aromatic N) is 1. The molecule has 2 atom stereocenters. The Bertz CT molecular complexity index is 852. The lowest BCUT2D eigenvalue weighted by Crippen LogP contribution is -2.50. The van der Waals surface area contributed by atoms with Crippen LogP contribution in [0.15, 0.2) is 29.2 Å². The van der Waals surface area contributed by atoms with Crippen molar-refractivity contribution >= 4 is 27.9 Å². The van der Waals surface area contributed by atoms with Crippen LogP contribution in [0.4, 0.5) is 4.79 Å². The van der Waals surface area contributed by atoms with E-state index in [-0.39, 0.29) is 16.5 Å². The quantitative estimate of drug-likeness (QED) is 0.820. The SMILES string of the molecule is C[C@H]1CCCC[C@H]1NC(=O)NC(=O)CN1C(=O)c2ccccc2S1(=O)=O. The van der Waals surface area contributed by atoms with E-state index >= 15 is 0 Å². The van der Waals surface area contributed by atoms with Crippen molar-refractivity contribution < 1.29 is 22.8 Å². The number of sulfonamides is 1. The fourth-order valence-electron chi connectivity index (χ4n) is 3.42. The van der Waals surface area contributed by atoms with E-state index in [0.717, 1.165) is 25.7 Å². The molecule has 1 heterocycles. The van der Waals surface area contributed by atoms with E-state index in [0.29, 0.717) is 10.2 Å². The minimum Gasteiger partial charge on any atom is -0.335 e. The molecular weight excluding hydrogens is 358 g/mol. The van der Waals surface area contributed by atoms with Gasteiger partial charge in [-0.15, -0.1) is 0 Å². The van der Waals surface area contributed by atoms with Crippen LogP contribution in [0.25, 0.3) is 0 Å². The predicted octanol–water partition coefficient (Wildman–Crippen LogP) is 1.24. The van der Waals surface area contributed by atoms with E-state index in [1.54, 1.807) is 6.07 Å². The van der Waals surface area contributed by atoms with Gasteiger partial charge in [-0.05, 0) is 30.9 Å². The van der Waals surface area contributed by atoms with Crippen molar-refractivity contribution in [3.8, 4) is 0 Å². The minimum atomic E-state index is -4.07. The van der Waals surface area contributed by atoms with Crippen LogP contribution in [0.3, 0.4) is 0 Å². The summed E-state index contributed by atoms with van der Waals surface area (Å²) in [4.78, 5) is 36.2. The van der Waals surface area contributed by atoms with Gasteiger partial charge in [0.25, 0.3) is 15.9 Å². The van der Waals surface area contributed by atoms with Gasteiger partial charge in [-0.25, -0.2) is 17.5 Å². The normalized spacial score (nSPS) is 24.0. The van der Waals surface area contributed by atoms with Crippen molar-refractivity contribution in [2.24, 2.45) is 5.92 Å². The molecule has 1 saturated carbocycles. The molecule has 140 valence electrons. The molecule has 1 fully saturated rings. The first-order valence-electron chi connectivity index (χ1n) is 8.57. The number of carbonyl (C=O) groups excluding carboxylic acids is 3. The second kappa shape index (κ2) is 7.06. The van der Waals surface area contributed by atoms with Crippen LogP contribution in [0.1, 0.15) is 43.0 Å². The Kier molecular flexibility index (Phi) is 4.99. The topological polar surface area (TPSA) is 113 Å². The maximum Gasteiger partial charge on any atom is 0.321 e. The Labute approximate surface area is 152 Å². The van der Waals surface area contributed by atoms with E-state index in [1.165, 1.54) is 18.2 Å². The zero-order valence-corrected chi connectivity index (χ0v) is 15.2. The molecule has 4 amide bonds. The van der Waals surface area contributed by atoms with Crippen LogP contribution in [-0.4, -0.2) is 43.2 Å². The molecule has 1 aromatic rings. The van der Waals surface area contributed by atoms with Crippen molar-refractivity contribution in [1.29, 1.82) is 0 Å². The van der Waals surface area contributed by atoms with Crippen LogP contribution >= 0.6 is 0 Å². The molecule has 0 saturated heterocycles. The van der Waals surface area contributed by atoms with Gasteiger partial charge in [0, 0.05) is 6.04 Å². The third-order valence-corrected chi connectivity index (χ3v) is 6.67. The summed E-state index contributed by atoms with van der Waals surface area (Å²) in [6.45, 7) is 1.31. The molecule has 8 nitrogen and oxygen atoms in total. The lowest BCUT2D eigenvalue weighted by molar-refractivity contribution is -0.120. The maximum absolute atomic E-state index is 12.4. The molecule has 0 radical (unpaired) electrons. The average molecular weight is 379 g/mol. The molecule has 0 aromatic heterocycles. The molecule has 1 aliphatic heterocycles. The molecule has 26 heavy (non-hydrogen) atoms. The van der Waals surface area contributed by atoms with Gasteiger partial charge < -0.3 is 5.32 Å². The molecular formula is C17H21N3O5S. The highest BCUT2D eigenvalue weighted by molar-refractivity contribution is 7.90. The first-order chi connectivity index (χ1) is 12.3. The number of hydrogen-bond donors (Lipinski definition) is 2. The van der Waals surface area contributed by atoms with Gasteiger partial charge in [0.15, 0.2) is 0 Å². The predicted molar refractivity (Wildman–Crippen MR) is 92.8 cm³/mol. The van der Waals surface area contributed by atoms with Crippen molar-refractivity contribution in [3.63, 3.8) is 0 Å². The number of nitrogens with one attached hydrogen (secondary N) is 2. The number of carbonyl (C=O) groups is 3. The van der Waals surface area contributed by atoms with Crippen LogP contribution in [-0.2, 0) is 14.8 Å². The van der Waals surface area contributed by atoms with Crippen LogP contribution in [0.5, 0.6) is 0 Å². The summed E-state index contributed by atoms with van der Waals surface area (Å²) in [5, 5.41) is 4.86. The maximum atomic E-state index is 12.4. The largest absolute Gasteiger partial charge is 0.335 e. The number of hydrogen-bond acceptors (Lipinski definition) is 5. The molecule has 1 aliphatic carbocycles.